The van der Waals surface area contributed by atoms with Crippen molar-refractivity contribution in [3.63, 3.8) is 0 Å². The molecule has 0 bridgehead atoms. The van der Waals surface area contributed by atoms with Crippen molar-refractivity contribution in [1.82, 2.24) is 15.5 Å². The Kier molecular flexibility index (Phi) is 3.53. The lowest BCUT2D eigenvalue weighted by molar-refractivity contribution is 0.0929. The van der Waals surface area contributed by atoms with Gasteiger partial charge in [0.15, 0.2) is 5.69 Å². The molecule has 1 saturated carbocycles. The zero-order valence-corrected chi connectivity index (χ0v) is 9.72. The van der Waals surface area contributed by atoms with E-state index in [0.29, 0.717) is 18.1 Å². The number of carbonyl (C=O) groups excluding carboxylic acids is 1. The van der Waals surface area contributed by atoms with Crippen LogP contribution in [-0.4, -0.2) is 34.8 Å². The number of amides is 1. The molecule has 6 nitrogen and oxygen atoms in total. The molecule has 3 N–H and O–H groups in total. The van der Waals surface area contributed by atoms with E-state index in [1.54, 1.807) is 12.1 Å². The van der Waals surface area contributed by atoms with Crippen LogP contribution in [0.2, 0.25) is 0 Å². The maximum atomic E-state index is 11.4. The van der Waals surface area contributed by atoms with Crippen molar-refractivity contribution >= 4 is 5.91 Å². The van der Waals surface area contributed by atoms with Crippen molar-refractivity contribution in [1.29, 1.82) is 0 Å². The highest BCUT2D eigenvalue weighted by Gasteiger charge is 2.28. The molecule has 0 atom stereocenters. The summed E-state index contributed by atoms with van der Waals surface area (Å²) in [6.45, 7) is 2.42. The molecule has 0 radical (unpaired) electrons. The Hall–Kier alpha value is -1.69. The van der Waals surface area contributed by atoms with Crippen LogP contribution in [0.1, 0.15) is 30.3 Å². The van der Waals surface area contributed by atoms with Crippen LogP contribution in [0.3, 0.4) is 0 Å². The third-order valence-electron chi connectivity index (χ3n) is 2.63. The summed E-state index contributed by atoms with van der Waals surface area (Å²) in [5.74, 6) is 0.215. The fourth-order valence-corrected chi connectivity index (χ4v) is 1.63. The molecule has 0 unspecified atom stereocenters. The van der Waals surface area contributed by atoms with Crippen molar-refractivity contribution in [2.24, 2.45) is 5.73 Å². The van der Waals surface area contributed by atoms with E-state index in [1.807, 2.05) is 6.92 Å². The molecule has 1 aromatic rings. The van der Waals surface area contributed by atoms with Gasteiger partial charge in [0, 0.05) is 18.7 Å². The molecule has 1 fully saturated rings. The molecule has 0 aromatic carbocycles. The lowest BCUT2D eigenvalue weighted by atomic mass is 9.90. The average Bonchev–Trinajstić information content (AvgIpc) is 2.28. The van der Waals surface area contributed by atoms with E-state index in [2.05, 4.69) is 15.5 Å². The molecule has 1 heterocycles. The quantitative estimate of drug-likeness (QED) is 0.773. The first-order chi connectivity index (χ1) is 8.19. The predicted molar refractivity (Wildman–Crippen MR) is 61.7 cm³/mol. The second-order valence-electron chi connectivity index (χ2n) is 4.09. The Morgan fingerprint density at radius 3 is 2.82 bits per heavy atom. The number of nitrogens with two attached hydrogens (primary N) is 1. The second-order valence-corrected chi connectivity index (χ2v) is 4.09. The molecule has 0 spiro atoms. The minimum absolute atomic E-state index is 0.134. The van der Waals surface area contributed by atoms with Gasteiger partial charge in [-0.05, 0) is 25.8 Å². The Bertz CT molecular complexity index is 387. The summed E-state index contributed by atoms with van der Waals surface area (Å²) in [5.41, 5.74) is 5.95. The van der Waals surface area contributed by atoms with E-state index >= 15 is 0 Å². The Morgan fingerprint density at radius 2 is 2.29 bits per heavy atom. The highest BCUT2D eigenvalue weighted by molar-refractivity contribution is 5.91. The number of nitrogens with one attached hydrogen (secondary N) is 1. The van der Waals surface area contributed by atoms with Gasteiger partial charge in [0.05, 0.1) is 0 Å². The number of aromatic nitrogens is 2. The average molecular weight is 236 g/mol. The van der Waals surface area contributed by atoms with Gasteiger partial charge in [-0.2, -0.15) is 0 Å². The van der Waals surface area contributed by atoms with Gasteiger partial charge in [-0.25, -0.2) is 0 Å². The molecular formula is C11H16N4O2. The van der Waals surface area contributed by atoms with E-state index in [9.17, 15) is 4.79 Å². The standard InChI is InChI=1S/C11H16N4O2/c1-2-13-11(16)9-3-4-10(15-14-9)17-8-5-7(12)6-8/h3-4,7-8H,2,5-6,12H2,1H3,(H,13,16). The van der Waals surface area contributed by atoms with E-state index < -0.39 is 0 Å². The zero-order chi connectivity index (χ0) is 12.3. The lowest BCUT2D eigenvalue weighted by Gasteiger charge is -2.31. The van der Waals surface area contributed by atoms with Gasteiger partial charge in [0.1, 0.15) is 6.10 Å². The Labute approximate surface area is 99.6 Å². The normalized spacial score (nSPS) is 22.7. The van der Waals surface area contributed by atoms with Crippen LogP contribution in [0, 0.1) is 0 Å². The molecule has 17 heavy (non-hydrogen) atoms. The molecule has 6 heteroatoms. The monoisotopic (exact) mass is 236 g/mol. The molecule has 1 aliphatic carbocycles. The number of rotatable bonds is 4. The van der Waals surface area contributed by atoms with Gasteiger partial charge in [-0.1, -0.05) is 0 Å². The first-order valence-corrected chi connectivity index (χ1v) is 5.73. The third-order valence-corrected chi connectivity index (χ3v) is 2.63. The van der Waals surface area contributed by atoms with Crippen LogP contribution < -0.4 is 15.8 Å². The van der Waals surface area contributed by atoms with Gasteiger partial charge in [0.2, 0.25) is 5.88 Å². The molecule has 0 saturated heterocycles. The van der Waals surface area contributed by atoms with Crippen LogP contribution in [0.5, 0.6) is 5.88 Å². The molecule has 92 valence electrons. The largest absolute Gasteiger partial charge is 0.473 e. The zero-order valence-electron chi connectivity index (χ0n) is 9.72. The van der Waals surface area contributed by atoms with Gasteiger partial charge in [0.25, 0.3) is 5.91 Å². The minimum atomic E-state index is -0.225. The fraction of sp³-hybridized carbons (Fsp3) is 0.545. The van der Waals surface area contributed by atoms with Crippen molar-refractivity contribution in [3.05, 3.63) is 17.8 Å². The van der Waals surface area contributed by atoms with Crippen LogP contribution in [0.15, 0.2) is 12.1 Å². The van der Waals surface area contributed by atoms with E-state index in [-0.39, 0.29) is 18.1 Å². The van der Waals surface area contributed by atoms with Crippen molar-refractivity contribution in [2.45, 2.75) is 31.9 Å². The summed E-state index contributed by atoms with van der Waals surface area (Å²) in [4.78, 5) is 11.4. The van der Waals surface area contributed by atoms with Crippen LogP contribution in [0.4, 0.5) is 0 Å². The molecule has 1 aliphatic rings. The van der Waals surface area contributed by atoms with E-state index in [1.165, 1.54) is 0 Å². The van der Waals surface area contributed by atoms with Gasteiger partial charge >= 0.3 is 0 Å². The Balaban J connectivity index is 1.91. The topological polar surface area (TPSA) is 90.1 Å². The van der Waals surface area contributed by atoms with Crippen molar-refractivity contribution in [3.8, 4) is 5.88 Å². The van der Waals surface area contributed by atoms with Gasteiger partial charge in [-0.3, -0.25) is 4.79 Å². The van der Waals surface area contributed by atoms with Crippen LogP contribution in [0.25, 0.3) is 0 Å². The summed E-state index contributed by atoms with van der Waals surface area (Å²) < 4.78 is 5.53. The summed E-state index contributed by atoms with van der Waals surface area (Å²) in [6, 6.07) is 3.50. The maximum Gasteiger partial charge on any atom is 0.271 e. The second kappa shape index (κ2) is 5.09. The van der Waals surface area contributed by atoms with Crippen LogP contribution in [-0.2, 0) is 0 Å². The molecule has 1 aromatic heterocycles. The van der Waals surface area contributed by atoms with Crippen molar-refractivity contribution < 1.29 is 9.53 Å². The molecule has 0 aliphatic heterocycles. The highest BCUT2D eigenvalue weighted by atomic mass is 16.5. The minimum Gasteiger partial charge on any atom is -0.473 e. The van der Waals surface area contributed by atoms with Gasteiger partial charge < -0.3 is 15.8 Å². The van der Waals surface area contributed by atoms with Crippen LogP contribution >= 0.6 is 0 Å². The first-order valence-electron chi connectivity index (χ1n) is 5.73. The summed E-state index contributed by atoms with van der Waals surface area (Å²) in [6.07, 6.45) is 1.83. The first kappa shape index (κ1) is 11.8. The molecule has 1 amide bonds. The highest BCUT2D eigenvalue weighted by Crippen LogP contribution is 2.22. The predicted octanol–water partition coefficient (Wildman–Crippen LogP) is 0.0948. The van der Waals surface area contributed by atoms with Gasteiger partial charge in [-0.15, -0.1) is 10.2 Å². The molecule has 2 rings (SSSR count). The summed E-state index contributed by atoms with van der Waals surface area (Å²) in [5, 5.41) is 10.3. The van der Waals surface area contributed by atoms with E-state index in [4.69, 9.17) is 10.5 Å². The number of carbonyl (C=O) groups is 1. The van der Waals surface area contributed by atoms with Crippen molar-refractivity contribution in [2.75, 3.05) is 6.54 Å². The smallest absolute Gasteiger partial charge is 0.271 e. The Morgan fingerprint density at radius 1 is 1.53 bits per heavy atom. The third kappa shape index (κ3) is 2.91. The molecular weight excluding hydrogens is 220 g/mol. The summed E-state index contributed by atoms with van der Waals surface area (Å²) >= 11 is 0. The summed E-state index contributed by atoms with van der Waals surface area (Å²) in [7, 11) is 0. The number of nitrogens with zero attached hydrogens (tertiary/aromatic N) is 2. The number of ether oxygens (including phenoxy) is 1. The fourth-order valence-electron chi connectivity index (χ4n) is 1.63. The lowest BCUT2D eigenvalue weighted by Crippen LogP contribution is -2.43. The maximum absolute atomic E-state index is 11.4. The number of hydrogen-bond acceptors (Lipinski definition) is 5. The number of hydrogen-bond donors (Lipinski definition) is 2. The van der Waals surface area contributed by atoms with E-state index in [0.717, 1.165) is 12.8 Å². The SMILES string of the molecule is CCNC(=O)c1ccc(OC2CC(N)C2)nn1.